The van der Waals surface area contributed by atoms with Crippen LogP contribution in [0.15, 0.2) is 6.33 Å². The molecule has 1 unspecified atom stereocenters. The summed E-state index contributed by atoms with van der Waals surface area (Å²) < 4.78 is 6.57. The summed E-state index contributed by atoms with van der Waals surface area (Å²) in [5, 5.41) is 7.18. The first kappa shape index (κ1) is 12.6. The molecule has 0 amide bonds. The van der Waals surface area contributed by atoms with E-state index in [1.54, 1.807) is 25.0 Å². The van der Waals surface area contributed by atoms with Gasteiger partial charge in [0.1, 0.15) is 12.4 Å². The van der Waals surface area contributed by atoms with Crippen LogP contribution in [-0.4, -0.2) is 33.4 Å². The quantitative estimate of drug-likeness (QED) is 0.704. The second-order valence-electron chi connectivity index (χ2n) is 3.43. The number of rotatable bonds is 6. The molecule has 0 spiro atoms. The Balaban J connectivity index is 2.42. The summed E-state index contributed by atoms with van der Waals surface area (Å²) in [5.41, 5.74) is 0. The van der Waals surface area contributed by atoms with Crippen LogP contribution in [0.5, 0.6) is 0 Å². The van der Waals surface area contributed by atoms with E-state index in [0.717, 1.165) is 0 Å². The Labute approximate surface area is 95.0 Å². The molecule has 0 fully saturated rings. The van der Waals surface area contributed by atoms with Gasteiger partial charge in [0, 0.05) is 7.05 Å². The molecule has 0 bridgehead atoms. The van der Waals surface area contributed by atoms with E-state index in [0.29, 0.717) is 25.4 Å². The van der Waals surface area contributed by atoms with E-state index in [2.05, 4.69) is 15.4 Å². The fraction of sp³-hybridized carbons (Fsp3) is 0.700. The lowest BCUT2D eigenvalue weighted by Gasteiger charge is -2.13. The fourth-order valence-electron chi connectivity index (χ4n) is 1.32. The molecule has 1 aromatic rings. The van der Waals surface area contributed by atoms with Crippen LogP contribution in [0.25, 0.3) is 0 Å². The minimum atomic E-state index is -0.288. The number of nitrogens with zero attached hydrogens (tertiary/aromatic N) is 3. The fourth-order valence-corrected chi connectivity index (χ4v) is 1.32. The lowest BCUT2D eigenvalue weighted by atomic mass is 10.2. The van der Waals surface area contributed by atoms with E-state index < -0.39 is 0 Å². The van der Waals surface area contributed by atoms with Gasteiger partial charge in [-0.25, -0.2) is 4.98 Å². The van der Waals surface area contributed by atoms with Crippen LogP contribution in [0.4, 0.5) is 0 Å². The van der Waals surface area contributed by atoms with E-state index in [1.807, 2.05) is 6.92 Å². The maximum Gasteiger partial charge on any atom is 0.323 e. The molecule has 1 aromatic heterocycles. The Morgan fingerprint density at radius 1 is 1.62 bits per heavy atom. The molecule has 1 atom stereocenters. The number of ether oxygens (including phenoxy) is 1. The van der Waals surface area contributed by atoms with Gasteiger partial charge in [0.15, 0.2) is 5.82 Å². The molecule has 0 saturated carbocycles. The van der Waals surface area contributed by atoms with E-state index in [9.17, 15) is 4.79 Å². The molecule has 0 radical (unpaired) electrons. The summed E-state index contributed by atoms with van der Waals surface area (Å²) in [6.45, 7) is 4.60. The average molecular weight is 226 g/mol. The summed E-state index contributed by atoms with van der Waals surface area (Å²) >= 11 is 0. The minimum Gasteiger partial charge on any atom is -0.465 e. The number of esters is 1. The second kappa shape index (κ2) is 6.22. The molecule has 1 rings (SSSR count). The van der Waals surface area contributed by atoms with Crippen molar-refractivity contribution in [1.29, 1.82) is 0 Å². The van der Waals surface area contributed by atoms with Crippen molar-refractivity contribution in [1.82, 2.24) is 20.1 Å². The van der Waals surface area contributed by atoms with E-state index in [4.69, 9.17) is 4.74 Å². The molecule has 6 heteroatoms. The molecule has 6 nitrogen and oxygen atoms in total. The molecule has 0 aliphatic rings. The first-order valence-electron chi connectivity index (χ1n) is 5.41. The van der Waals surface area contributed by atoms with Crippen molar-refractivity contribution >= 4 is 5.97 Å². The number of aryl methyl sites for hydroxylation is 1. The monoisotopic (exact) mass is 226 g/mol. The zero-order valence-corrected chi connectivity index (χ0v) is 9.93. The highest BCUT2D eigenvalue weighted by Crippen LogP contribution is 1.97. The SMILES string of the molecule is CCOC(=O)C(CC)NCc1ncn(C)n1. The summed E-state index contributed by atoms with van der Waals surface area (Å²) in [7, 11) is 1.80. The van der Waals surface area contributed by atoms with Crippen LogP contribution in [0, 0.1) is 0 Å². The van der Waals surface area contributed by atoms with Crippen LogP contribution < -0.4 is 5.32 Å². The van der Waals surface area contributed by atoms with Gasteiger partial charge in [-0.2, -0.15) is 5.10 Å². The molecule has 0 aromatic carbocycles. The van der Waals surface area contributed by atoms with Crippen molar-refractivity contribution in [2.45, 2.75) is 32.9 Å². The molecule has 0 saturated heterocycles. The third kappa shape index (κ3) is 3.62. The maximum absolute atomic E-state index is 11.5. The summed E-state index contributed by atoms with van der Waals surface area (Å²) in [5.74, 6) is 0.450. The van der Waals surface area contributed by atoms with Crippen molar-refractivity contribution in [2.24, 2.45) is 7.05 Å². The number of carbonyl (C=O) groups excluding carboxylic acids is 1. The predicted octanol–water partition coefficient (Wildman–Crippen LogP) is 0.246. The molecular formula is C10H18N4O2. The molecule has 16 heavy (non-hydrogen) atoms. The van der Waals surface area contributed by atoms with Crippen LogP contribution >= 0.6 is 0 Å². The molecule has 90 valence electrons. The van der Waals surface area contributed by atoms with Gasteiger partial charge >= 0.3 is 5.97 Å². The van der Waals surface area contributed by atoms with Crippen LogP contribution in [0.3, 0.4) is 0 Å². The van der Waals surface area contributed by atoms with Crippen molar-refractivity contribution in [2.75, 3.05) is 6.61 Å². The smallest absolute Gasteiger partial charge is 0.323 e. The Kier molecular flexibility index (Phi) is 4.91. The highest BCUT2D eigenvalue weighted by molar-refractivity contribution is 5.75. The third-order valence-corrected chi connectivity index (χ3v) is 2.13. The predicted molar refractivity (Wildman–Crippen MR) is 58.6 cm³/mol. The zero-order valence-electron chi connectivity index (χ0n) is 9.93. The van der Waals surface area contributed by atoms with Crippen molar-refractivity contribution in [3.8, 4) is 0 Å². The Morgan fingerprint density at radius 3 is 2.88 bits per heavy atom. The molecule has 1 N–H and O–H groups in total. The van der Waals surface area contributed by atoms with Crippen molar-refractivity contribution in [3.63, 3.8) is 0 Å². The van der Waals surface area contributed by atoms with Gasteiger partial charge in [0.05, 0.1) is 13.2 Å². The van der Waals surface area contributed by atoms with Gasteiger partial charge in [-0.1, -0.05) is 6.92 Å². The number of nitrogens with one attached hydrogen (secondary N) is 1. The van der Waals surface area contributed by atoms with Gasteiger partial charge < -0.3 is 4.74 Å². The highest BCUT2D eigenvalue weighted by Gasteiger charge is 2.17. The summed E-state index contributed by atoms with van der Waals surface area (Å²) in [6.07, 6.45) is 2.31. The van der Waals surface area contributed by atoms with Gasteiger partial charge in [0.25, 0.3) is 0 Å². The van der Waals surface area contributed by atoms with Gasteiger partial charge in [0.2, 0.25) is 0 Å². The second-order valence-corrected chi connectivity index (χ2v) is 3.43. The lowest BCUT2D eigenvalue weighted by molar-refractivity contribution is -0.145. The largest absolute Gasteiger partial charge is 0.465 e. The van der Waals surface area contributed by atoms with Crippen LogP contribution in [0.1, 0.15) is 26.1 Å². The number of carbonyl (C=O) groups is 1. The van der Waals surface area contributed by atoms with Crippen molar-refractivity contribution < 1.29 is 9.53 Å². The van der Waals surface area contributed by atoms with E-state index >= 15 is 0 Å². The van der Waals surface area contributed by atoms with Gasteiger partial charge in [-0.3, -0.25) is 14.8 Å². The summed E-state index contributed by atoms with van der Waals surface area (Å²) in [4.78, 5) is 15.5. The molecular weight excluding hydrogens is 208 g/mol. The normalized spacial score (nSPS) is 12.4. The van der Waals surface area contributed by atoms with E-state index in [-0.39, 0.29) is 12.0 Å². The Bertz CT molecular complexity index is 337. The molecule has 1 heterocycles. The number of hydrogen-bond donors (Lipinski definition) is 1. The number of hydrogen-bond acceptors (Lipinski definition) is 5. The first-order chi connectivity index (χ1) is 7.67. The zero-order chi connectivity index (χ0) is 12.0. The standard InChI is InChI=1S/C10H18N4O2/c1-4-8(10(15)16-5-2)11-6-9-12-7-14(3)13-9/h7-8,11H,4-6H2,1-3H3. The van der Waals surface area contributed by atoms with E-state index in [1.165, 1.54) is 0 Å². The highest BCUT2D eigenvalue weighted by atomic mass is 16.5. The Morgan fingerprint density at radius 2 is 2.38 bits per heavy atom. The number of aromatic nitrogens is 3. The maximum atomic E-state index is 11.5. The molecule has 0 aliphatic heterocycles. The average Bonchev–Trinajstić information content (AvgIpc) is 2.65. The van der Waals surface area contributed by atoms with Crippen LogP contribution in [0.2, 0.25) is 0 Å². The topological polar surface area (TPSA) is 69.0 Å². The van der Waals surface area contributed by atoms with Gasteiger partial charge in [-0.05, 0) is 13.3 Å². The lowest BCUT2D eigenvalue weighted by Crippen LogP contribution is -2.37. The molecule has 0 aliphatic carbocycles. The van der Waals surface area contributed by atoms with Gasteiger partial charge in [-0.15, -0.1) is 0 Å². The minimum absolute atomic E-state index is 0.221. The summed E-state index contributed by atoms with van der Waals surface area (Å²) in [6, 6.07) is -0.288. The third-order valence-electron chi connectivity index (χ3n) is 2.13. The first-order valence-corrected chi connectivity index (χ1v) is 5.41. The van der Waals surface area contributed by atoms with Crippen LogP contribution in [-0.2, 0) is 23.1 Å². The van der Waals surface area contributed by atoms with Crippen molar-refractivity contribution in [3.05, 3.63) is 12.2 Å². The Hall–Kier alpha value is -1.43.